The predicted octanol–water partition coefficient (Wildman–Crippen LogP) is 4.01. The van der Waals surface area contributed by atoms with Crippen LogP contribution in [0.3, 0.4) is 0 Å². The molecule has 1 aromatic carbocycles. The third-order valence-electron chi connectivity index (χ3n) is 2.79. The summed E-state index contributed by atoms with van der Waals surface area (Å²) >= 11 is 9.32. The molecule has 16 heavy (non-hydrogen) atoms. The number of anilines is 1. The first-order valence-corrected chi connectivity index (χ1v) is 6.61. The van der Waals surface area contributed by atoms with E-state index in [1.54, 1.807) is 0 Å². The van der Waals surface area contributed by atoms with Gasteiger partial charge in [0.2, 0.25) is 5.91 Å². The van der Waals surface area contributed by atoms with Crippen molar-refractivity contribution in [2.45, 2.75) is 25.7 Å². The van der Waals surface area contributed by atoms with Crippen LogP contribution in [-0.2, 0) is 4.79 Å². The number of halogens is 2. The molecule has 0 aromatic heterocycles. The summed E-state index contributed by atoms with van der Waals surface area (Å²) in [4.78, 5) is 13.7. The first-order chi connectivity index (χ1) is 7.68. The smallest absolute Gasteiger partial charge is 0.226 e. The van der Waals surface area contributed by atoms with E-state index in [9.17, 15) is 4.79 Å². The number of carbonyl (C=O) groups is 1. The minimum Gasteiger partial charge on any atom is -0.312 e. The normalized spacial score (nSPS) is 17.4. The van der Waals surface area contributed by atoms with Gasteiger partial charge in [0.1, 0.15) is 0 Å². The maximum atomic E-state index is 11.9. The van der Waals surface area contributed by atoms with E-state index in [2.05, 4.69) is 15.9 Å². The Labute approximate surface area is 109 Å². The van der Waals surface area contributed by atoms with Crippen molar-refractivity contribution < 1.29 is 4.79 Å². The molecule has 0 spiro atoms. The maximum absolute atomic E-state index is 11.9. The molecular weight excluding hydrogens is 289 g/mol. The van der Waals surface area contributed by atoms with E-state index in [-0.39, 0.29) is 5.91 Å². The highest BCUT2D eigenvalue weighted by atomic mass is 79.9. The number of amides is 1. The summed E-state index contributed by atoms with van der Waals surface area (Å²) < 4.78 is 0.837. The van der Waals surface area contributed by atoms with Gasteiger partial charge in [0.25, 0.3) is 0 Å². The van der Waals surface area contributed by atoms with Crippen LogP contribution in [0, 0.1) is 0 Å². The molecule has 1 saturated heterocycles. The second-order valence-electron chi connectivity index (χ2n) is 3.95. The summed E-state index contributed by atoms with van der Waals surface area (Å²) in [5.41, 5.74) is 0.933. The zero-order chi connectivity index (χ0) is 11.5. The zero-order valence-electron chi connectivity index (χ0n) is 8.88. The van der Waals surface area contributed by atoms with Gasteiger partial charge in [-0.2, -0.15) is 0 Å². The Morgan fingerprint density at radius 1 is 1.25 bits per heavy atom. The maximum Gasteiger partial charge on any atom is 0.226 e. The summed E-state index contributed by atoms with van der Waals surface area (Å²) in [7, 11) is 0. The minimum atomic E-state index is 0.215. The van der Waals surface area contributed by atoms with Crippen molar-refractivity contribution in [2.75, 3.05) is 11.4 Å². The van der Waals surface area contributed by atoms with Crippen molar-refractivity contribution >= 4 is 39.1 Å². The van der Waals surface area contributed by atoms with Crippen molar-refractivity contribution in [3.8, 4) is 0 Å². The number of hydrogen-bond donors (Lipinski definition) is 0. The van der Waals surface area contributed by atoms with E-state index >= 15 is 0 Å². The highest BCUT2D eigenvalue weighted by molar-refractivity contribution is 9.10. The number of hydrogen-bond acceptors (Lipinski definition) is 1. The SMILES string of the molecule is O=C1CCCCCN1c1ccc(Cl)c(Br)c1. The monoisotopic (exact) mass is 301 g/mol. The number of nitrogens with zero attached hydrogens (tertiary/aromatic N) is 1. The molecule has 1 heterocycles. The van der Waals surface area contributed by atoms with Gasteiger partial charge in [-0.1, -0.05) is 18.0 Å². The van der Waals surface area contributed by atoms with Crippen molar-refractivity contribution in [3.05, 3.63) is 27.7 Å². The van der Waals surface area contributed by atoms with E-state index < -0.39 is 0 Å². The molecule has 0 N–H and O–H groups in total. The molecule has 0 unspecified atom stereocenters. The van der Waals surface area contributed by atoms with Crippen molar-refractivity contribution in [1.29, 1.82) is 0 Å². The zero-order valence-corrected chi connectivity index (χ0v) is 11.2. The molecule has 4 heteroatoms. The van der Waals surface area contributed by atoms with Gasteiger partial charge in [0.15, 0.2) is 0 Å². The van der Waals surface area contributed by atoms with Crippen LogP contribution in [0.4, 0.5) is 5.69 Å². The van der Waals surface area contributed by atoms with Gasteiger partial charge in [0.05, 0.1) is 5.02 Å². The lowest BCUT2D eigenvalue weighted by Crippen LogP contribution is -2.29. The van der Waals surface area contributed by atoms with Gasteiger partial charge in [-0.05, 0) is 47.0 Å². The van der Waals surface area contributed by atoms with Crippen LogP contribution in [-0.4, -0.2) is 12.5 Å². The largest absolute Gasteiger partial charge is 0.312 e. The van der Waals surface area contributed by atoms with Crippen LogP contribution in [0.5, 0.6) is 0 Å². The van der Waals surface area contributed by atoms with Gasteiger partial charge < -0.3 is 4.90 Å². The lowest BCUT2D eigenvalue weighted by molar-refractivity contribution is -0.118. The predicted molar refractivity (Wildman–Crippen MR) is 70.0 cm³/mol. The fourth-order valence-electron chi connectivity index (χ4n) is 1.91. The van der Waals surface area contributed by atoms with Crippen LogP contribution in [0.1, 0.15) is 25.7 Å². The van der Waals surface area contributed by atoms with Crippen LogP contribution >= 0.6 is 27.5 Å². The second kappa shape index (κ2) is 5.19. The van der Waals surface area contributed by atoms with Gasteiger partial charge in [-0.25, -0.2) is 0 Å². The molecule has 1 aliphatic rings. The molecule has 0 radical (unpaired) electrons. The Morgan fingerprint density at radius 3 is 2.81 bits per heavy atom. The molecule has 1 amide bonds. The van der Waals surface area contributed by atoms with E-state index in [1.165, 1.54) is 0 Å². The molecular formula is C12H13BrClNO. The number of carbonyl (C=O) groups excluding carboxylic acids is 1. The Hall–Kier alpha value is -0.540. The summed E-state index contributed by atoms with van der Waals surface area (Å²) in [6.07, 6.45) is 3.87. The van der Waals surface area contributed by atoms with Crippen molar-refractivity contribution in [3.63, 3.8) is 0 Å². The minimum absolute atomic E-state index is 0.215. The highest BCUT2D eigenvalue weighted by Crippen LogP contribution is 2.29. The molecule has 2 nitrogen and oxygen atoms in total. The molecule has 1 fully saturated rings. The Bertz CT molecular complexity index is 408. The quantitative estimate of drug-likeness (QED) is 0.767. The molecule has 0 bridgehead atoms. The lowest BCUT2D eigenvalue weighted by Gasteiger charge is -2.21. The molecule has 86 valence electrons. The number of rotatable bonds is 1. The third-order valence-corrected chi connectivity index (χ3v) is 4.00. The third kappa shape index (κ3) is 2.58. The van der Waals surface area contributed by atoms with Crippen LogP contribution < -0.4 is 4.90 Å². The summed E-state index contributed by atoms with van der Waals surface area (Å²) in [6.45, 7) is 0.812. The first-order valence-electron chi connectivity index (χ1n) is 5.44. The lowest BCUT2D eigenvalue weighted by atomic mass is 10.2. The topological polar surface area (TPSA) is 20.3 Å². The average Bonchev–Trinajstić information content (AvgIpc) is 2.47. The molecule has 0 atom stereocenters. The fraction of sp³-hybridized carbons (Fsp3) is 0.417. The Morgan fingerprint density at radius 2 is 2.06 bits per heavy atom. The molecule has 0 aliphatic carbocycles. The van der Waals surface area contributed by atoms with Gasteiger partial charge >= 0.3 is 0 Å². The molecule has 1 aliphatic heterocycles. The highest BCUT2D eigenvalue weighted by Gasteiger charge is 2.18. The van der Waals surface area contributed by atoms with E-state index in [4.69, 9.17) is 11.6 Å². The second-order valence-corrected chi connectivity index (χ2v) is 5.22. The molecule has 0 saturated carbocycles. The van der Waals surface area contributed by atoms with Crippen molar-refractivity contribution in [2.24, 2.45) is 0 Å². The van der Waals surface area contributed by atoms with Crippen LogP contribution in [0.25, 0.3) is 0 Å². The van der Waals surface area contributed by atoms with E-state index in [0.717, 1.165) is 36.0 Å². The Kier molecular flexibility index (Phi) is 3.87. The van der Waals surface area contributed by atoms with Crippen LogP contribution in [0.2, 0.25) is 5.02 Å². The first kappa shape index (κ1) is 11.9. The van der Waals surface area contributed by atoms with E-state index in [1.807, 2.05) is 23.1 Å². The van der Waals surface area contributed by atoms with Gasteiger partial charge in [0, 0.05) is 23.1 Å². The van der Waals surface area contributed by atoms with E-state index in [0.29, 0.717) is 11.4 Å². The summed E-state index contributed by atoms with van der Waals surface area (Å²) in [6, 6.07) is 5.63. The van der Waals surface area contributed by atoms with Crippen molar-refractivity contribution in [1.82, 2.24) is 0 Å². The summed E-state index contributed by atoms with van der Waals surface area (Å²) in [5.74, 6) is 0.215. The fourth-order valence-corrected chi connectivity index (χ4v) is 2.39. The Balaban J connectivity index is 2.27. The molecule has 1 aromatic rings. The van der Waals surface area contributed by atoms with Crippen LogP contribution in [0.15, 0.2) is 22.7 Å². The molecule has 2 rings (SSSR count). The number of benzene rings is 1. The standard InChI is InChI=1S/C12H13BrClNO/c13-10-8-9(5-6-11(10)14)15-7-3-1-2-4-12(15)16/h5-6,8H,1-4,7H2. The van der Waals surface area contributed by atoms with Gasteiger partial charge in [-0.3, -0.25) is 4.79 Å². The summed E-state index contributed by atoms with van der Waals surface area (Å²) in [5, 5.41) is 0.672. The van der Waals surface area contributed by atoms with Gasteiger partial charge in [-0.15, -0.1) is 0 Å². The average molecular weight is 303 g/mol.